The molecule has 2 amide bonds. The molecule has 0 aliphatic heterocycles. The van der Waals surface area contributed by atoms with E-state index in [4.69, 9.17) is 0 Å². The molecule has 0 aromatic rings. The summed E-state index contributed by atoms with van der Waals surface area (Å²) in [5, 5.41) is 8.05. The van der Waals surface area contributed by atoms with Crippen LogP contribution >= 0.6 is 11.6 Å². The minimum absolute atomic E-state index is 0.163. The highest BCUT2D eigenvalue weighted by atomic mass is 32.2. The number of carbonyl (C=O) groups is 2. The summed E-state index contributed by atoms with van der Waals surface area (Å²) in [4.78, 5) is 22.1. The second kappa shape index (κ2) is 7.69. The van der Waals surface area contributed by atoms with Crippen molar-refractivity contribution in [3.05, 3.63) is 0 Å². The largest absolute Gasteiger partial charge is 0.357 e. The summed E-state index contributed by atoms with van der Waals surface area (Å²) in [5.41, 5.74) is 0. The third kappa shape index (κ3) is 5.87. The van der Waals surface area contributed by atoms with E-state index in [0.717, 1.165) is 6.69 Å². The lowest BCUT2D eigenvalue weighted by atomic mass is 10.3. The van der Waals surface area contributed by atoms with Crippen molar-refractivity contribution in [3.63, 3.8) is 0 Å². The molecule has 80 valence electrons. The molecular weight excluding hydrogens is 201 g/mol. The van der Waals surface area contributed by atoms with Crippen LogP contribution in [0.3, 0.4) is 0 Å². The van der Waals surface area contributed by atoms with Crippen molar-refractivity contribution in [1.29, 1.82) is 0 Å². The first-order valence-corrected chi connectivity index (χ1v) is 5.48. The lowest BCUT2D eigenvalue weighted by Gasteiger charge is -2.15. The molecule has 0 spiro atoms. The molecule has 14 heavy (non-hydrogen) atoms. The van der Waals surface area contributed by atoms with Gasteiger partial charge in [-0.05, 0) is 7.05 Å². The second-order valence-electron chi connectivity index (χ2n) is 2.74. The first kappa shape index (κ1) is 13.3. The van der Waals surface area contributed by atoms with Crippen molar-refractivity contribution < 1.29 is 9.59 Å². The molecule has 1 atom stereocenters. The summed E-state index contributed by atoms with van der Waals surface area (Å²) < 4.78 is 0. The van der Waals surface area contributed by atoms with Crippen LogP contribution in [-0.4, -0.2) is 44.4 Å². The molecule has 0 radical (unpaired) electrons. The normalized spacial score (nSPS) is 11.6. The van der Waals surface area contributed by atoms with E-state index in [0.29, 0.717) is 5.75 Å². The van der Waals surface area contributed by atoms with Crippen LogP contribution in [0.15, 0.2) is 0 Å². The maximum atomic E-state index is 11.3. The van der Waals surface area contributed by atoms with Gasteiger partial charge >= 0.3 is 0 Å². The number of carbonyl (C=O) groups excluding carboxylic acids is 2. The van der Waals surface area contributed by atoms with Crippen LogP contribution in [0.5, 0.6) is 0 Å². The fraction of sp³-hybridized carbons (Fsp3) is 0.714. The third-order valence-corrected chi connectivity index (χ3v) is 2.53. The molecule has 0 saturated carbocycles. The molecule has 0 unspecified atom stereocenters. The Hall–Kier alpha value is -0.685. The summed E-state index contributed by atoms with van der Waals surface area (Å²) >= 11 is 1.56. The average Bonchev–Trinajstić information content (AvgIpc) is 2.15. The molecule has 0 bridgehead atoms. The van der Waals surface area contributed by atoms with Crippen molar-refractivity contribution in [3.8, 4) is 0 Å². The Bertz CT molecular complexity index is 203. The zero-order chi connectivity index (χ0) is 11.0. The van der Waals surface area contributed by atoms with Gasteiger partial charge in [-0.15, -0.1) is 0 Å². The van der Waals surface area contributed by atoms with Crippen LogP contribution in [0.25, 0.3) is 0 Å². The maximum Gasteiger partial charge on any atom is 0.269 e. The van der Waals surface area contributed by atoms with Gasteiger partial charge in [0.15, 0.2) is 0 Å². The SMILES string of the molecule is CNBSC[C@H](NC(C)=O)C(=O)NC. The molecule has 0 aromatic heterocycles. The Morgan fingerprint density at radius 1 is 1.43 bits per heavy atom. The molecular formula is C7H16BN3O2S. The van der Waals surface area contributed by atoms with E-state index in [1.54, 1.807) is 18.7 Å². The van der Waals surface area contributed by atoms with E-state index in [1.807, 2.05) is 7.05 Å². The van der Waals surface area contributed by atoms with Crippen molar-refractivity contribution in [2.75, 3.05) is 19.8 Å². The second-order valence-corrected chi connectivity index (χ2v) is 3.77. The number of hydrogen-bond acceptors (Lipinski definition) is 4. The predicted molar refractivity (Wildman–Crippen MR) is 60.3 cm³/mol. The molecule has 0 rings (SSSR count). The number of likely N-dealkylation sites (N-methyl/N-ethyl adjacent to an activating group) is 1. The van der Waals surface area contributed by atoms with Gasteiger partial charge in [0.2, 0.25) is 11.8 Å². The summed E-state index contributed by atoms with van der Waals surface area (Å²) in [5.74, 6) is 0.215. The first-order valence-electron chi connectivity index (χ1n) is 4.32. The van der Waals surface area contributed by atoms with E-state index in [1.165, 1.54) is 6.92 Å². The van der Waals surface area contributed by atoms with Crippen LogP contribution in [0.1, 0.15) is 6.92 Å². The third-order valence-electron chi connectivity index (χ3n) is 1.47. The zero-order valence-corrected chi connectivity index (χ0v) is 9.53. The quantitative estimate of drug-likeness (QED) is 0.372. The lowest BCUT2D eigenvalue weighted by molar-refractivity contribution is -0.127. The van der Waals surface area contributed by atoms with Gasteiger partial charge in [0, 0.05) is 19.7 Å². The molecule has 5 nitrogen and oxygen atoms in total. The Labute approximate surface area is 88.9 Å². The van der Waals surface area contributed by atoms with Crippen molar-refractivity contribution in [2.24, 2.45) is 0 Å². The molecule has 0 aliphatic rings. The molecule has 0 saturated heterocycles. The Morgan fingerprint density at radius 2 is 2.07 bits per heavy atom. The maximum absolute atomic E-state index is 11.3. The first-order chi connectivity index (χ1) is 6.61. The number of rotatable bonds is 6. The smallest absolute Gasteiger partial charge is 0.269 e. The van der Waals surface area contributed by atoms with Crippen LogP contribution in [0.4, 0.5) is 0 Å². The van der Waals surface area contributed by atoms with E-state index < -0.39 is 6.04 Å². The minimum Gasteiger partial charge on any atom is -0.357 e. The zero-order valence-electron chi connectivity index (χ0n) is 8.72. The van der Waals surface area contributed by atoms with Gasteiger partial charge in [-0.1, -0.05) is 0 Å². The van der Waals surface area contributed by atoms with Gasteiger partial charge in [-0.2, -0.15) is 11.6 Å². The van der Waals surface area contributed by atoms with E-state index in [9.17, 15) is 9.59 Å². The molecule has 3 N–H and O–H groups in total. The molecule has 0 aliphatic carbocycles. The Balaban J connectivity index is 3.97. The van der Waals surface area contributed by atoms with Gasteiger partial charge in [0.1, 0.15) is 6.04 Å². The van der Waals surface area contributed by atoms with Crippen molar-refractivity contribution in [1.82, 2.24) is 15.9 Å². The summed E-state index contributed by atoms with van der Waals surface area (Å²) in [7, 11) is 3.39. The Morgan fingerprint density at radius 3 is 2.50 bits per heavy atom. The van der Waals surface area contributed by atoms with Crippen LogP contribution in [0, 0.1) is 0 Å². The Kier molecular flexibility index (Phi) is 7.32. The molecule has 7 heteroatoms. The monoisotopic (exact) mass is 217 g/mol. The highest BCUT2D eigenvalue weighted by Gasteiger charge is 2.17. The van der Waals surface area contributed by atoms with Crippen molar-refractivity contribution >= 4 is 30.1 Å². The summed E-state index contributed by atoms with van der Waals surface area (Å²) in [6.07, 6.45) is 0. The van der Waals surface area contributed by atoms with E-state index in [2.05, 4.69) is 15.9 Å². The number of hydrogen-bond donors (Lipinski definition) is 3. The fourth-order valence-corrected chi connectivity index (χ4v) is 1.67. The van der Waals surface area contributed by atoms with Gasteiger partial charge in [0.25, 0.3) is 6.69 Å². The topological polar surface area (TPSA) is 70.2 Å². The molecule has 0 aromatic carbocycles. The van der Waals surface area contributed by atoms with Gasteiger partial charge < -0.3 is 15.9 Å². The van der Waals surface area contributed by atoms with Crippen LogP contribution in [0.2, 0.25) is 0 Å². The minimum atomic E-state index is -0.448. The summed E-state index contributed by atoms with van der Waals surface area (Å²) in [6.45, 7) is 2.16. The number of amides is 2. The predicted octanol–water partition coefficient (Wildman–Crippen LogP) is -1.54. The van der Waals surface area contributed by atoms with Crippen LogP contribution < -0.4 is 15.9 Å². The van der Waals surface area contributed by atoms with E-state index in [-0.39, 0.29) is 11.8 Å². The van der Waals surface area contributed by atoms with Gasteiger partial charge in [-0.25, -0.2) is 0 Å². The fourth-order valence-electron chi connectivity index (χ4n) is 0.881. The standard InChI is InChI=1S/C7H16BN3O2S/c1-5(12)11-6(7(13)9-2)4-14-8-10-3/h6,8,10H,4H2,1-3H3,(H,9,13)(H,11,12)/t6-/m0/s1. The molecule has 0 heterocycles. The lowest BCUT2D eigenvalue weighted by Crippen LogP contribution is -2.46. The highest BCUT2D eigenvalue weighted by molar-refractivity contribution is 8.22. The average molecular weight is 217 g/mol. The van der Waals surface area contributed by atoms with Gasteiger partial charge in [-0.3, -0.25) is 9.59 Å². The summed E-state index contributed by atoms with van der Waals surface area (Å²) in [6, 6.07) is -0.448. The number of nitrogens with one attached hydrogen (secondary N) is 3. The highest BCUT2D eigenvalue weighted by Crippen LogP contribution is 1.99. The van der Waals surface area contributed by atoms with Gasteiger partial charge in [0.05, 0.1) is 0 Å². The van der Waals surface area contributed by atoms with Crippen molar-refractivity contribution in [2.45, 2.75) is 13.0 Å². The van der Waals surface area contributed by atoms with E-state index >= 15 is 0 Å². The van der Waals surface area contributed by atoms with Crippen LogP contribution in [-0.2, 0) is 9.59 Å². The molecule has 0 fully saturated rings.